The fourth-order valence-corrected chi connectivity index (χ4v) is 8.35. The van der Waals surface area contributed by atoms with Crippen LogP contribution in [0.4, 0.5) is 0 Å². The Morgan fingerprint density at radius 3 is 2.67 bits per heavy atom. The summed E-state index contributed by atoms with van der Waals surface area (Å²) >= 11 is 0. The van der Waals surface area contributed by atoms with Gasteiger partial charge in [0.2, 0.25) is 0 Å². The molecule has 4 aliphatic rings. The standard InChI is InChI=1S/C34H52O6/c1-6-7-11-26-23(4)33(38)40-30(26)19-21(2)27-14-15-28-24(10-8-16-34(27,28)5)12-13-25-20-29(36)32(31(37)22(25)3)39-18-9-17-35/h12-13,21,26-32,35-37H,3-4,6-11,14-20H2,1-2,5H3/t21-,26+,27-,28+,29-,30-,31-,32+,34-/m1/s1. The molecule has 3 saturated carbocycles. The number of fused-ring (bicyclic) bond motifs is 1. The Morgan fingerprint density at radius 2 is 1.95 bits per heavy atom. The molecule has 1 saturated heterocycles. The van der Waals surface area contributed by atoms with Crippen molar-refractivity contribution < 1.29 is 29.6 Å². The highest BCUT2D eigenvalue weighted by atomic mass is 16.6. The van der Waals surface area contributed by atoms with Crippen LogP contribution in [0.1, 0.15) is 91.4 Å². The molecule has 40 heavy (non-hydrogen) atoms. The molecular formula is C34H52O6. The Bertz CT molecular complexity index is 996. The monoisotopic (exact) mass is 556 g/mol. The van der Waals surface area contributed by atoms with Crippen molar-refractivity contribution >= 4 is 5.97 Å². The summed E-state index contributed by atoms with van der Waals surface area (Å²) in [4.78, 5) is 12.3. The first-order chi connectivity index (χ1) is 19.1. The van der Waals surface area contributed by atoms with Crippen molar-refractivity contribution in [1.29, 1.82) is 0 Å². The van der Waals surface area contributed by atoms with Gasteiger partial charge in [-0.3, -0.25) is 0 Å². The van der Waals surface area contributed by atoms with E-state index in [1.807, 2.05) is 0 Å². The lowest BCUT2D eigenvalue weighted by Gasteiger charge is -2.45. The largest absolute Gasteiger partial charge is 0.458 e. The van der Waals surface area contributed by atoms with Crippen LogP contribution in [0.5, 0.6) is 0 Å². The lowest BCUT2D eigenvalue weighted by Crippen LogP contribution is -2.45. The van der Waals surface area contributed by atoms with Gasteiger partial charge in [0.05, 0.1) is 6.10 Å². The maximum absolute atomic E-state index is 12.3. The minimum Gasteiger partial charge on any atom is -0.458 e. The number of aliphatic hydroxyl groups is 3. The maximum Gasteiger partial charge on any atom is 0.334 e. The van der Waals surface area contributed by atoms with Crippen LogP contribution < -0.4 is 0 Å². The Hall–Kier alpha value is -1.73. The molecule has 0 unspecified atom stereocenters. The quantitative estimate of drug-likeness (QED) is 0.169. The average Bonchev–Trinajstić information content (AvgIpc) is 3.41. The summed E-state index contributed by atoms with van der Waals surface area (Å²) in [7, 11) is 0. The molecule has 0 bridgehead atoms. The van der Waals surface area contributed by atoms with Crippen molar-refractivity contribution in [1.82, 2.24) is 0 Å². The number of hydrogen-bond acceptors (Lipinski definition) is 6. The summed E-state index contributed by atoms with van der Waals surface area (Å²) in [5.41, 5.74) is 3.84. The predicted molar refractivity (Wildman–Crippen MR) is 157 cm³/mol. The number of hydrogen-bond donors (Lipinski definition) is 3. The summed E-state index contributed by atoms with van der Waals surface area (Å²) in [6.45, 7) is 15.5. The van der Waals surface area contributed by atoms with Gasteiger partial charge in [-0.15, -0.1) is 0 Å². The summed E-state index contributed by atoms with van der Waals surface area (Å²) in [6.07, 6.45) is 12.6. The Morgan fingerprint density at radius 1 is 1.18 bits per heavy atom. The van der Waals surface area contributed by atoms with Crippen LogP contribution in [0.2, 0.25) is 0 Å². The lowest BCUT2D eigenvalue weighted by molar-refractivity contribution is -0.140. The normalized spacial score (nSPS) is 39.1. The number of ether oxygens (including phenoxy) is 2. The van der Waals surface area contributed by atoms with Crippen LogP contribution >= 0.6 is 0 Å². The van der Waals surface area contributed by atoms with E-state index in [4.69, 9.17) is 14.6 Å². The molecule has 3 aliphatic carbocycles. The highest BCUT2D eigenvalue weighted by Gasteiger charge is 2.51. The van der Waals surface area contributed by atoms with Gasteiger partial charge in [-0.1, -0.05) is 64.5 Å². The molecule has 0 aromatic heterocycles. The number of aliphatic hydroxyl groups excluding tert-OH is 3. The summed E-state index contributed by atoms with van der Waals surface area (Å²) in [6, 6.07) is 0. The fraction of sp³-hybridized carbons (Fsp3) is 0.735. The Kier molecular flexibility index (Phi) is 10.5. The second-order valence-corrected chi connectivity index (χ2v) is 13.1. The van der Waals surface area contributed by atoms with Crippen LogP contribution in [0.3, 0.4) is 0 Å². The van der Waals surface area contributed by atoms with Crippen molar-refractivity contribution in [3.63, 3.8) is 0 Å². The Balaban J connectivity index is 1.44. The van der Waals surface area contributed by atoms with Crippen molar-refractivity contribution in [2.24, 2.45) is 29.1 Å². The molecule has 6 nitrogen and oxygen atoms in total. The highest BCUT2D eigenvalue weighted by molar-refractivity contribution is 5.90. The van der Waals surface area contributed by atoms with Crippen LogP contribution in [0.25, 0.3) is 0 Å². The van der Waals surface area contributed by atoms with E-state index >= 15 is 0 Å². The number of carbonyl (C=O) groups excluding carboxylic acids is 1. The molecule has 9 atom stereocenters. The van der Waals surface area contributed by atoms with Crippen LogP contribution in [0.15, 0.2) is 47.6 Å². The third-order valence-corrected chi connectivity index (χ3v) is 10.6. The van der Waals surface area contributed by atoms with Crippen LogP contribution in [-0.2, 0) is 14.3 Å². The van der Waals surface area contributed by atoms with E-state index in [2.05, 4.69) is 46.1 Å². The van der Waals surface area contributed by atoms with E-state index in [0.29, 0.717) is 48.3 Å². The van der Waals surface area contributed by atoms with Gasteiger partial charge < -0.3 is 24.8 Å². The van der Waals surface area contributed by atoms with Crippen molar-refractivity contribution in [2.75, 3.05) is 13.2 Å². The van der Waals surface area contributed by atoms with Crippen LogP contribution in [-0.4, -0.2) is 58.9 Å². The number of cyclic esters (lactones) is 1. The minimum atomic E-state index is -0.956. The summed E-state index contributed by atoms with van der Waals surface area (Å²) < 4.78 is 11.5. The minimum absolute atomic E-state index is 0.0154. The first kappa shape index (κ1) is 31.2. The van der Waals surface area contributed by atoms with Gasteiger partial charge in [0.15, 0.2) is 0 Å². The molecule has 0 aromatic carbocycles. The zero-order chi connectivity index (χ0) is 29.0. The molecule has 3 N–H and O–H groups in total. The molecule has 224 valence electrons. The number of esters is 1. The highest BCUT2D eigenvalue weighted by Crippen LogP contribution is 2.60. The first-order valence-corrected chi connectivity index (χ1v) is 15.7. The van der Waals surface area contributed by atoms with Gasteiger partial charge in [0, 0.05) is 31.1 Å². The van der Waals surface area contributed by atoms with Gasteiger partial charge in [-0.25, -0.2) is 4.79 Å². The van der Waals surface area contributed by atoms with E-state index in [0.717, 1.165) is 44.1 Å². The molecule has 0 radical (unpaired) electrons. The molecule has 4 rings (SSSR count). The molecule has 0 aromatic rings. The van der Waals surface area contributed by atoms with E-state index in [1.165, 1.54) is 24.8 Å². The van der Waals surface area contributed by atoms with Crippen LogP contribution in [0, 0.1) is 29.1 Å². The van der Waals surface area contributed by atoms with Gasteiger partial charge in [-0.05, 0) is 85.7 Å². The molecule has 4 fully saturated rings. The predicted octanol–water partition coefficient (Wildman–Crippen LogP) is 5.82. The molecule has 0 amide bonds. The van der Waals surface area contributed by atoms with Gasteiger partial charge in [0.1, 0.15) is 18.3 Å². The number of carbonyl (C=O) groups is 1. The molecule has 1 aliphatic heterocycles. The third-order valence-electron chi connectivity index (χ3n) is 10.6. The van der Waals surface area contributed by atoms with Crippen molar-refractivity contribution in [3.8, 4) is 0 Å². The first-order valence-electron chi connectivity index (χ1n) is 15.7. The second kappa shape index (κ2) is 13.5. The van der Waals surface area contributed by atoms with Crippen molar-refractivity contribution in [2.45, 2.75) is 116 Å². The SMILES string of the molecule is C=C1C(=CC=C2CCC[C@]3(C)[C@@H]([C@H](C)C[C@H]4OC(=O)C(=C)[C@@H]4CCCC)CC[C@@H]23)C[C@@H](O)[C@H](OCCCO)[C@@H]1O. The molecule has 6 heteroatoms. The Labute approximate surface area is 241 Å². The number of rotatable bonds is 11. The van der Waals surface area contributed by atoms with Gasteiger partial charge >= 0.3 is 5.97 Å². The smallest absolute Gasteiger partial charge is 0.334 e. The summed E-state index contributed by atoms with van der Waals surface area (Å²) in [5.74, 6) is 1.52. The molecule has 1 heterocycles. The maximum atomic E-state index is 12.3. The van der Waals surface area contributed by atoms with E-state index in [1.54, 1.807) is 0 Å². The van der Waals surface area contributed by atoms with E-state index in [-0.39, 0.29) is 30.0 Å². The van der Waals surface area contributed by atoms with Gasteiger partial charge in [-0.2, -0.15) is 0 Å². The topological polar surface area (TPSA) is 96.2 Å². The fourth-order valence-electron chi connectivity index (χ4n) is 8.35. The van der Waals surface area contributed by atoms with E-state index in [9.17, 15) is 15.0 Å². The molecule has 0 spiro atoms. The summed E-state index contributed by atoms with van der Waals surface area (Å²) in [5, 5.41) is 30.5. The number of unbranched alkanes of at least 4 members (excludes halogenated alkanes) is 1. The average molecular weight is 557 g/mol. The van der Waals surface area contributed by atoms with Gasteiger partial charge in [0.25, 0.3) is 0 Å². The number of allylic oxidation sites excluding steroid dienone is 3. The van der Waals surface area contributed by atoms with Crippen molar-refractivity contribution in [3.05, 3.63) is 47.6 Å². The van der Waals surface area contributed by atoms with E-state index < -0.39 is 18.3 Å². The zero-order valence-electron chi connectivity index (χ0n) is 24.9. The molecular weight excluding hydrogens is 504 g/mol. The second-order valence-electron chi connectivity index (χ2n) is 13.1. The zero-order valence-corrected chi connectivity index (χ0v) is 24.9. The lowest BCUT2D eigenvalue weighted by atomic mass is 9.60. The third kappa shape index (κ3) is 6.35.